The van der Waals surface area contributed by atoms with Gasteiger partial charge in [0.05, 0.1) is 31.7 Å². The summed E-state index contributed by atoms with van der Waals surface area (Å²) in [6.45, 7) is -0.331. The second kappa shape index (κ2) is 5.28. The Morgan fingerprint density at radius 1 is 1.53 bits per heavy atom. The number of hydrogen-bond acceptors (Lipinski definition) is 6. The SMILES string of the molecule is COC(=O)c1cncc(N(CO)OC)c1. The summed E-state index contributed by atoms with van der Waals surface area (Å²) in [6.07, 6.45) is 2.84. The van der Waals surface area contributed by atoms with Crippen molar-refractivity contribution in [1.29, 1.82) is 0 Å². The second-order valence-corrected chi connectivity index (χ2v) is 2.63. The molecule has 0 aliphatic rings. The number of methoxy groups -OCH3 is 1. The minimum atomic E-state index is -0.488. The molecule has 0 aromatic carbocycles. The molecule has 6 heteroatoms. The number of nitrogens with zero attached hydrogens (tertiary/aromatic N) is 2. The Kier molecular flexibility index (Phi) is 4.02. The number of aromatic nitrogens is 1. The van der Waals surface area contributed by atoms with Crippen LogP contribution in [0.1, 0.15) is 10.4 Å². The van der Waals surface area contributed by atoms with Gasteiger partial charge in [-0.1, -0.05) is 0 Å². The largest absolute Gasteiger partial charge is 0.465 e. The van der Waals surface area contributed by atoms with Crippen LogP contribution >= 0.6 is 0 Å². The number of carbonyl (C=O) groups excluding carboxylic acids is 1. The first kappa shape index (κ1) is 11.4. The van der Waals surface area contributed by atoms with E-state index < -0.39 is 5.97 Å². The fourth-order valence-electron chi connectivity index (χ4n) is 1.04. The van der Waals surface area contributed by atoms with Crippen LogP contribution in [0.3, 0.4) is 0 Å². The molecule has 1 N–H and O–H groups in total. The number of hydroxylamine groups is 1. The molecule has 0 radical (unpaired) electrons. The summed E-state index contributed by atoms with van der Waals surface area (Å²) in [4.78, 5) is 19.9. The van der Waals surface area contributed by atoms with E-state index in [-0.39, 0.29) is 6.73 Å². The zero-order valence-electron chi connectivity index (χ0n) is 8.51. The molecule has 15 heavy (non-hydrogen) atoms. The van der Waals surface area contributed by atoms with Crippen molar-refractivity contribution in [2.45, 2.75) is 0 Å². The van der Waals surface area contributed by atoms with Gasteiger partial charge in [0, 0.05) is 6.20 Å². The van der Waals surface area contributed by atoms with Crippen LogP contribution in [0, 0.1) is 0 Å². The van der Waals surface area contributed by atoms with E-state index in [1.54, 1.807) is 0 Å². The van der Waals surface area contributed by atoms with Crippen LogP contribution in [-0.2, 0) is 9.57 Å². The van der Waals surface area contributed by atoms with Crippen molar-refractivity contribution in [2.24, 2.45) is 0 Å². The Hall–Kier alpha value is -1.66. The summed E-state index contributed by atoms with van der Waals surface area (Å²) >= 11 is 0. The lowest BCUT2D eigenvalue weighted by Gasteiger charge is -2.18. The van der Waals surface area contributed by atoms with Gasteiger partial charge in [0.1, 0.15) is 6.73 Å². The van der Waals surface area contributed by atoms with E-state index in [2.05, 4.69) is 9.72 Å². The standard InChI is InChI=1S/C9H12N2O4/c1-14-9(13)7-3-8(5-10-4-7)11(6-12)15-2/h3-5,12H,6H2,1-2H3. The van der Waals surface area contributed by atoms with Crippen LogP contribution in [0.15, 0.2) is 18.5 Å². The third kappa shape index (κ3) is 2.64. The average molecular weight is 212 g/mol. The zero-order valence-corrected chi connectivity index (χ0v) is 8.51. The molecule has 0 bridgehead atoms. The van der Waals surface area contributed by atoms with Gasteiger partial charge in [-0.05, 0) is 6.07 Å². The summed E-state index contributed by atoms with van der Waals surface area (Å²) in [5.74, 6) is -0.488. The lowest BCUT2D eigenvalue weighted by atomic mass is 10.2. The number of aliphatic hydroxyl groups excluding tert-OH is 1. The highest BCUT2D eigenvalue weighted by Gasteiger charge is 2.10. The van der Waals surface area contributed by atoms with E-state index in [1.165, 1.54) is 37.7 Å². The zero-order chi connectivity index (χ0) is 11.3. The molecule has 1 aromatic rings. The van der Waals surface area contributed by atoms with Crippen LogP contribution < -0.4 is 5.06 Å². The topological polar surface area (TPSA) is 71.9 Å². The minimum Gasteiger partial charge on any atom is -0.465 e. The van der Waals surface area contributed by atoms with Crippen LogP contribution in [0.25, 0.3) is 0 Å². The van der Waals surface area contributed by atoms with Crippen LogP contribution in [0.4, 0.5) is 5.69 Å². The summed E-state index contributed by atoms with van der Waals surface area (Å²) in [5, 5.41) is 10.1. The van der Waals surface area contributed by atoms with E-state index >= 15 is 0 Å². The Balaban J connectivity index is 2.96. The first-order chi connectivity index (χ1) is 7.22. The van der Waals surface area contributed by atoms with Gasteiger partial charge in [0.15, 0.2) is 0 Å². The Bertz CT molecular complexity index is 339. The summed E-state index contributed by atoms with van der Waals surface area (Å²) in [6, 6.07) is 1.51. The third-order valence-electron chi connectivity index (χ3n) is 1.78. The van der Waals surface area contributed by atoms with E-state index in [0.717, 1.165) is 0 Å². The second-order valence-electron chi connectivity index (χ2n) is 2.63. The molecular formula is C9H12N2O4. The molecular weight excluding hydrogens is 200 g/mol. The van der Waals surface area contributed by atoms with Crippen molar-refractivity contribution in [3.8, 4) is 0 Å². The van der Waals surface area contributed by atoms with E-state index in [9.17, 15) is 4.79 Å². The van der Waals surface area contributed by atoms with Crippen LogP contribution in [-0.4, -0.2) is 37.0 Å². The summed E-state index contributed by atoms with van der Waals surface area (Å²) in [7, 11) is 2.69. The smallest absolute Gasteiger partial charge is 0.339 e. The normalized spacial score (nSPS) is 9.80. The van der Waals surface area contributed by atoms with E-state index in [4.69, 9.17) is 9.94 Å². The van der Waals surface area contributed by atoms with Crippen molar-refractivity contribution in [2.75, 3.05) is 26.0 Å². The van der Waals surface area contributed by atoms with Crippen molar-refractivity contribution in [1.82, 2.24) is 4.98 Å². The minimum absolute atomic E-state index is 0.297. The van der Waals surface area contributed by atoms with Crippen molar-refractivity contribution >= 4 is 11.7 Å². The molecule has 0 aliphatic carbocycles. The molecule has 0 atom stereocenters. The third-order valence-corrected chi connectivity index (χ3v) is 1.78. The Labute approximate surface area is 87.0 Å². The van der Waals surface area contributed by atoms with Crippen molar-refractivity contribution in [3.63, 3.8) is 0 Å². The maximum Gasteiger partial charge on any atom is 0.339 e. The highest BCUT2D eigenvalue weighted by atomic mass is 16.7. The van der Waals surface area contributed by atoms with Gasteiger partial charge in [0.2, 0.25) is 0 Å². The predicted octanol–water partition coefficient (Wildman–Crippen LogP) is 0.186. The molecule has 1 aromatic heterocycles. The molecule has 1 rings (SSSR count). The molecule has 0 unspecified atom stereocenters. The molecule has 6 nitrogen and oxygen atoms in total. The first-order valence-corrected chi connectivity index (χ1v) is 4.18. The highest BCUT2D eigenvalue weighted by molar-refractivity contribution is 5.89. The Morgan fingerprint density at radius 3 is 2.80 bits per heavy atom. The number of carbonyl (C=O) groups is 1. The number of rotatable bonds is 4. The predicted molar refractivity (Wildman–Crippen MR) is 52.2 cm³/mol. The van der Waals surface area contributed by atoms with Crippen molar-refractivity contribution < 1.29 is 19.5 Å². The van der Waals surface area contributed by atoms with Gasteiger partial charge < -0.3 is 9.84 Å². The fraction of sp³-hybridized carbons (Fsp3) is 0.333. The number of aliphatic hydroxyl groups is 1. The van der Waals surface area contributed by atoms with Crippen LogP contribution in [0.5, 0.6) is 0 Å². The number of esters is 1. The molecule has 1 heterocycles. The quantitative estimate of drug-likeness (QED) is 0.436. The van der Waals surface area contributed by atoms with Gasteiger partial charge in [-0.3, -0.25) is 9.82 Å². The number of hydrogen-bond donors (Lipinski definition) is 1. The number of ether oxygens (including phenoxy) is 1. The van der Waals surface area contributed by atoms with E-state index in [1.807, 2.05) is 0 Å². The molecule has 0 saturated carbocycles. The average Bonchev–Trinajstić information content (AvgIpc) is 2.30. The summed E-state index contributed by atoms with van der Waals surface area (Å²) < 4.78 is 4.54. The molecule has 0 spiro atoms. The van der Waals surface area contributed by atoms with Gasteiger partial charge >= 0.3 is 5.97 Å². The van der Waals surface area contributed by atoms with E-state index in [0.29, 0.717) is 11.3 Å². The number of pyridine rings is 1. The maximum atomic E-state index is 11.2. The lowest BCUT2D eigenvalue weighted by molar-refractivity contribution is 0.0599. The van der Waals surface area contributed by atoms with Crippen LogP contribution in [0.2, 0.25) is 0 Å². The Morgan fingerprint density at radius 2 is 2.27 bits per heavy atom. The number of anilines is 1. The maximum absolute atomic E-state index is 11.2. The van der Waals surface area contributed by atoms with Gasteiger partial charge in [-0.25, -0.2) is 9.86 Å². The summed E-state index contributed by atoms with van der Waals surface area (Å²) in [5.41, 5.74) is 0.772. The lowest BCUT2D eigenvalue weighted by Crippen LogP contribution is -2.23. The van der Waals surface area contributed by atoms with Gasteiger partial charge in [-0.15, -0.1) is 0 Å². The van der Waals surface area contributed by atoms with Gasteiger partial charge in [0.25, 0.3) is 0 Å². The fourth-order valence-corrected chi connectivity index (χ4v) is 1.04. The van der Waals surface area contributed by atoms with Crippen molar-refractivity contribution in [3.05, 3.63) is 24.0 Å². The molecule has 0 fully saturated rings. The molecule has 0 saturated heterocycles. The van der Waals surface area contributed by atoms with Gasteiger partial charge in [-0.2, -0.15) is 0 Å². The first-order valence-electron chi connectivity index (χ1n) is 4.18. The highest BCUT2D eigenvalue weighted by Crippen LogP contribution is 2.14. The monoisotopic (exact) mass is 212 g/mol. The molecule has 82 valence electrons. The molecule has 0 amide bonds. The molecule has 0 aliphatic heterocycles.